The van der Waals surface area contributed by atoms with Gasteiger partial charge in [-0.2, -0.15) is 0 Å². The van der Waals surface area contributed by atoms with Crippen molar-refractivity contribution < 1.29 is 18.7 Å². The number of amides is 2. The standard InChI is InChI=1S/C29H27FN4O3/c30-23-11-8-21(9-12-23)28-29(34(19-31-28)18-20-5-2-1-3-6-20)33-26(35)7-4-16-37-24-13-14-25-22(17-24)10-15-27(36)32-25/h1-3,5-6,8-9,11-14,17,19H,4,7,10,15-16,18H2,(H,32,36)(H,33,35). The fourth-order valence-corrected chi connectivity index (χ4v) is 4.30. The second kappa shape index (κ2) is 11.1. The average Bonchev–Trinajstić information content (AvgIpc) is 3.29. The van der Waals surface area contributed by atoms with Crippen LogP contribution in [-0.4, -0.2) is 28.0 Å². The molecule has 37 heavy (non-hydrogen) atoms. The molecule has 5 rings (SSSR count). The van der Waals surface area contributed by atoms with Crippen molar-refractivity contribution in [3.63, 3.8) is 0 Å². The predicted molar refractivity (Wildman–Crippen MR) is 140 cm³/mol. The van der Waals surface area contributed by atoms with Gasteiger partial charge in [-0.3, -0.25) is 9.59 Å². The van der Waals surface area contributed by atoms with Crippen LogP contribution in [0.4, 0.5) is 15.9 Å². The molecule has 0 spiro atoms. The SMILES string of the molecule is O=C1CCc2cc(OCCCC(=O)Nc3c(-c4ccc(F)cc4)ncn3Cc3ccccc3)ccc2N1. The summed E-state index contributed by atoms with van der Waals surface area (Å²) in [6.07, 6.45) is 3.63. The molecule has 0 saturated heterocycles. The molecule has 188 valence electrons. The minimum absolute atomic E-state index is 0.0277. The second-order valence-corrected chi connectivity index (χ2v) is 8.93. The zero-order chi connectivity index (χ0) is 25.6. The maximum Gasteiger partial charge on any atom is 0.225 e. The number of aryl methyl sites for hydroxylation is 1. The number of anilines is 2. The molecule has 4 aromatic rings. The number of nitrogens with one attached hydrogen (secondary N) is 2. The molecule has 0 atom stereocenters. The van der Waals surface area contributed by atoms with Crippen molar-refractivity contribution in [1.29, 1.82) is 0 Å². The fraction of sp³-hybridized carbons (Fsp3) is 0.207. The molecule has 1 aliphatic heterocycles. The number of benzene rings is 3. The van der Waals surface area contributed by atoms with Gasteiger partial charge in [0.2, 0.25) is 11.8 Å². The molecule has 0 saturated carbocycles. The molecule has 2 N–H and O–H groups in total. The number of aromatic nitrogens is 2. The quantitative estimate of drug-likeness (QED) is 0.302. The van der Waals surface area contributed by atoms with E-state index in [9.17, 15) is 14.0 Å². The number of rotatable bonds is 9. The van der Waals surface area contributed by atoms with Gasteiger partial charge in [-0.1, -0.05) is 30.3 Å². The van der Waals surface area contributed by atoms with Crippen molar-refractivity contribution in [2.75, 3.05) is 17.2 Å². The summed E-state index contributed by atoms with van der Waals surface area (Å²) < 4.78 is 21.2. The van der Waals surface area contributed by atoms with Crippen LogP contribution in [-0.2, 0) is 22.6 Å². The van der Waals surface area contributed by atoms with Gasteiger partial charge in [0.05, 0.1) is 19.5 Å². The van der Waals surface area contributed by atoms with Crippen LogP contribution >= 0.6 is 0 Å². The molecular weight excluding hydrogens is 471 g/mol. The highest BCUT2D eigenvalue weighted by Gasteiger charge is 2.17. The van der Waals surface area contributed by atoms with E-state index in [-0.39, 0.29) is 24.1 Å². The van der Waals surface area contributed by atoms with Gasteiger partial charge in [0.15, 0.2) is 0 Å². The normalized spacial score (nSPS) is 12.5. The summed E-state index contributed by atoms with van der Waals surface area (Å²) in [5.74, 6) is 0.824. The third-order valence-electron chi connectivity index (χ3n) is 6.20. The summed E-state index contributed by atoms with van der Waals surface area (Å²) in [7, 11) is 0. The first-order chi connectivity index (χ1) is 18.0. The number of fused-ring (bicyclic) bond motifs is 1. The molecule has 1 aliphatic rings. The molecule has 0 unspecified atom stereocenters. The number of carbonyl (C=O) groups is 2. The number of imidazole rings is 1. The highest BCUT2D eigenvalue weighted by Crippen LogP contribution is 2.29. The molecule has 0 fully saturated rings. The third-order valence-corrected chi connectivity index (χ3v) is 6.20. The lowest BCUT2D eigenvalue weighted by atomic mass is 10.0. The van der Waals surface area contributed by atoms with E-state index in [0.717, 1.165) is 28.1 Å². The lowest BCUT2D eigenvalue weighted by Gasteiger charge is -2.17. The lowest BCUT2D eigenvalue weighted by molar-refractivity contribution is -0.117. The predicted octanol–water partition coefficient (Wildman–Crippen LogP) is 5.42. The third kappa shape index (κ3) is 6.03. The average molecular weight is 499 g/mol. The van der Waals surface area contributed by atoms with Gasteiger partial charge in [-0.05, 0) is 66.4 Å². The van der Waals surface area contributed by atoms with E-state index < -0.39 is 0 Å². The van der Waals surface area contributed by atoms with E-state index in [1.165, 1.54) is 12.1 Å². The Bertz CT molecular complexity index is 1400. The number of ether oxygens (including phenoxy) is 1. The minimum atomic E-state index is -0.332. The highest BCUT2D eigenvalue weighted by atomic mass is 19.1. The van der Waals surface area contributed by atoms with E-state index in [1.54, 1.807) is 18.5 Å². The molecule has 0 bridgehead atoms. The fourth-order valence-electron chi connectivity index (χ4n) is 4.30. The van der Waals surface area contributed by atoms with Crippen molar-refractivity contribution in [3.05, 3.63) is 96.1 Å². The van der Waals surface area contributed by atoms with Crippen LogP contribution in [0, 0.1) is 5.82 Å². The van der Waals surface area contributed by atoms with E-state index in [4.69, 9.17) is 4.74 Å². The Kier molecular flexibility index (Phi) is 7.26. The number of carbonyl (C=O) groups excluding carboxylic acids is 2. The van der Waals surface area contributed by atoms with Gasteiger partial charge in [0, 0.05) is 24.1 Å². The van der Waals surface area contributed by atoms with E-state index in [1.807, 2.05) is 53.1 Å². The Morgan fingerprint density at radius 3 is 2.68 bits per heavy atom. The Hall–Kier alpha value is -4.46. The monoisotopic (exact) mass is 498 g/mol. The summed E-state index contributed by atoms with van der Waals surface area (Å²) in [4.78, 5) is 28.9. The molecule has 0 aliphatic carbocycles. The summed E-state index contributed by atoms with van der Waals surface area (Å²) in [6.45, 7) is 0.916. The number of hydrogen-bond acceptors (Lipinski definition) is 4. The van der Waals surface area contributed by atoms with Crippen LogP contribution in [0.25, 0.3) is 11.3 Å². The van der Waals surface area contributed by atoms with E-state index >= 15 is 0 Å². The topological polar surface area (TPSA) is 85.2 Å². The van der Waals surface area contributed by atoms with Gasteiger partial charge >= 0.3 is 0 Å². The van der Waals surface area contributed by atoms with Crippen molar-refractivity contribution in [1.82, 2.24) is 9.55 Å². The summed E-state index contributed by atoms with van der Waals surface area (Å²) >= 11 is 0. The summed E-state index contributed by atoms with van der Waals surface area (Å²) in [6, 6.07) is 21.6. The molecule has 1 aromatic heterocycles. The van der Waals surface area contributed by atoms with E-state index in [0.29, 0.717) is 43.9 Å². The molecule has 3 aromatic carbocycles. The minimum Gasteiger partial charge on any atom is -0.494 e. The van der Waals surface area contributed by atoms with Crippen LogP contribution in [0.15, 0.2) is 79.1 Å². The maximum atomic E-state index is 13.5. The van der Waals surface area contributed by atoms with Gasteiger partial charge in [-0.25, -0.2) is 9.37 Å². The molecule has 0 radical (unpaired) electrons. The number of hydrogen-bond donors (Lipinski definition) is 2. The van der Waals surface area contributed by atoms with Crippen LogP contribution in [0.3, 0.4) is 0 Å². The number of nitrogens with zero attached hydrogens (tertiary/aromatic N) is 2. The van der Waals surface area contributed by atoms with Crippen LogP contribution in [0.1, 0.15) is 30.4 Å². The first-order valence-electron chi connectivity index (χ1n) is 12.3. The van der Waals surface area contributed by atoms with Crippen molar-refractivity contribution >= 4 is 23.3 Å². The Morgan fingerprint density at radius 2 is 1.86 bits per heavy atom. The van der Waals surface area contributed by atoms with Gasteiger partial charge in [0.25, 0.3) is 0 Å². The lowest BCUT2D eigenvalue weighted by Crippen LogP contribution is -2.19. The van der Waals surface area contributed by atoms with Crippen molar-refractivity contribution in [3.8, 4) is 17.0 Å². The van der Waals surface area contributed by atoms with E-state index in [2.05, 4.69) is 15.6 Å². The zero-order valence-electron chi connectivity index (χ0n) is 20.2. The summed E-state index contributed by atoms with van der Waals surface area (Å²) in [5.41, 5.74) is 4.25. The Labute approximate surface area is 214 Å². The van der Waals surface area contributed by atoms with Crippen LogP contribution < -0.4 is 15.4 Å². The first kappa shape index (κ1) is 24.2. The number of halogens is 1. The van der Waals surface area contributed by atoms with Crippen molar-refractivity contribution in [2.24, 2.45) is 0 Å². The van der Waals surface area contributed by atoms with Crippen molar-refractivity contribution in [2.45, 2.75) is 32.2 Å². The molecule has 2 amide bonds. The van der Waals surface area contributed by atoms with Gasteiger partial charge in [0.1, 0.15) is 23.1 Å². The smallest absolute Gasteiger partial charge is 0.225 e. The Balaban J connectivity index is 1.22. The molecule has 8 heteroatoms. The molecular formula is C29H27FN4O3. The maximum absolute atomic E-state index is 13.5. The second-order valence-electron chi connectivity index (χ2n) is 8.93. The summed E-state index contributed by atoms with van der Waals surface area (Å²) in [5, 5.41) is 5.86. The molecule has 7 nitrogen and oxygen atoms in total. The Morgan fingerprint density at radius 1 is 1.05 bits per heavy atom. The highest BCUT2D eigenvalue weighted by molar-refractivity contribution is 5.94. The zero-order valence-corrected chi connectivity index (χ0v) is 20.2. The van der Waals surface area contributed by atoms with Crippen LogP contribution in [0.2, 0.25) is 0 Å². The van der Waals surface area contributed by atoms with Gasteiger partial charge in [-0.15, -0.1) is 0 Å². The first-order valence-corrected chi connectivity index (χ1v) is 12.3. The molecule has 2 heterocycles. The largest absolute Gasteiger partial charge is 0.494 e. The van der Waals surface area contributed by atoms with Gasteiger partial charge < -0.3 is 19.9 Å². The van der Waals surface area contributed by atoms with Crippen LogP contribution in [0.5, 0.6) is 5.75 Å².